The van der Waals surface area contributed by atoms with E-state index in [-0.39, 0.29) is 5.82 Å². The number of rotatable bonds is 5. The predicted octanol–water partition coefficient (Wildman–Crippen LogP) is 2.75. The standard InChI is InChI=1S/C12H15FN4S/c1-3-17(10-6-4-5-9(13)7-10)8-11-15-16-12(14-2)18-11/h4-7H,3,8H2,1-2H3,(H,14,16). The molecule has 0 amide bonds. The van der Waals surface area contributed by atoms with Crippen molar-refractivity contribution >= 4 is 22.2 Å². The van der Waals surface area contributed by atoms with E-state index in [4.69, 9.17) is 0 Å². The van der Waals surface area contributed by atoms with Crippen molar-refractivity contribution < 1.29 is 4.39 Å². The normalized spacial score (nSPS) is 10.4. The summed E-state index contributed by atoms with van der Waals surface area (Å²) in [5.74, 6) is -0.223. The lowest BCUT2D eigenvalue weighted by atomic mass is 10.3. The molecule has 2 rings (SSSR count). The van der Waals surface area contributed by atoms with Gasteiger partial charge in [0.25, 0.3) is 0 Å². The Morgan fingerprint density at radius 2 is 2.22 bits per heavy atom. The second-order valence-electron chi connectivity index (χ2n) is 3.75. The first-order valence-electron chi connectivity index (χ1n) is 5.73. The van der Waals surface area contributed by atoms with E-state index in [2.05, 4.69) is 20.4 Å². The van der Waals surface area contributed by atoms with Gasteiger partial charge in [0, 0.05) is 19.3 Å². The maximum Gasteiger partial charge on any atom is 0.205 e. The van der Waals surface area contributed by atoms with Crippen molar-refractivity contribution in [1.82, 2.24) is 10.2 Å². The van der Waals surface area contributed by atoms with Crippen LogP contribution < -0.4 is 10.2 Å². The first kappa shape index (κ1) is 12.8. The van der Waals surface area contributed by atoms with Crippen molar-refractivity contribution in [1.29, 1.82) is 0 Å². The Bertz CT molecular complexity index is 514. The second-order valence-corrected chi connectivity index (χ2v) is 4.81. The summed E-state index contributed by atoms with van der Waals surface area (Å²) in [4.78, 5) is 2.06. The highest BCUT2D eigenvalue weighted by Gasteiger charge is 2.10. The van der Waals surface area contributed by atoms with Crippen LogP contribution in [0.2, 0.25) is 0 Å². The lowest BCUT2D eigenvalue weighted by molar-refractivity contribution is 0.626. The van der Waals surface area contributed by atoms with Gasteiger partial charge in [-0.1, -0.05) is 17.4 Å². The lowest BCUT2D eigenvalue weighted by Gasteiger charge is -2.21. The molecule has 96 valence electrons. The number of nitrogens with zero attached hydrogens (tertiary/aromatic N) is 3. The molecule has 0 saturated heterocycles. The van der Waals surface area contributed by atoms with E-state index in [0.29, 0.717) is 6.54 Å². The summed E-state index contributed by atoms with van der Waals surface area (Å²) >= 11 is 1.51. The summed E-state index contributed by atoms with van der Waals surface area (Å²) in [5.41, 5.74) is 0.860. The first-order chi connectivity index (χ1) is 8.72. The van der Waals surface area contributed by atoms with Crippen LogP contribution in [0.3, 0.4) is 0 Å². The molecule has 4 nitrogen and oxygen atoms in total. The van der Waals surface area contributed by atoms with Gasteiger partial charge in [-0.05, 0) is 25.1 Å². The Kier molecular flexibility index (Phi) is 4.09. The Labute approximate surface area is 109 Å². The molecule has 1 aromatic heterocycles. The maximum absolute atomic E-state index is 13.2. The first-order valence-corrected chi connectivity index (χ1v) is 6.55. The molecule has 0 bridgehead atoms. The smallest absolute Gasteiger partial charge is 0.205 e. The molecule has 0 aliphatic rings. The van der Waals surface area contributed by atoms with Crippen LogP contribution in [0.15, 0.2) is 24.3 Å². The zero-order valence-corrected chi connectivity index (χ0v) is 11.2. The molecule has 6 heteroatoms. The third-order valence-electron chi connectivity index (χ3n) is 2.56. The van der Waals surface area contributed by atoms with Gasteiger partial charge in [0.15, 0.2) is 0 Å². The summed E-state index contributed by atoms with van der Waals surface area (Å²) in [5, 5.41) is 12.7. The van der Waals surface area contributed by atoms with Crippen LogP contribution in [0.5, 0.6) is 0 Å². The number of benzene rings is 1. The quantitative estimate of drug-likeness (QED) is 0.903. The van der Waals surface area contributed by atoms with E-state index in [9.17, 15) is 4.39 Å². The molecule has 0 radical (unpaired) electrons. The monoisotopic (exact) mass is 266 g/mol. The molecular weight excluding hydrogens is 251 g/mol. The van der Waals surface area contributed by atoms with Crippen LogP contribution in [0, 0.1) is 5.82 Å². The molecular formula is C12H15FN4S. The van der Waals surface area contributed by atoms with E-state index in [1.54, 1.807) is 6.07 Å². The summed E-state index contributed by atoms with van der Waals surface area (Å²) in [6.07, 6.45) is 0. The van der Waals surface area contributed by atoms with Crippen molar-refractivity contribution in [3.63, 3.8) is 0 Å². The van der Waals surface area contributed by atoms with Crippen LogP contribution in [0.25, 0.3) is 0 Å². The zero-order valence-electron chi connectivity index (χ0n) is 10.4. The van der Waals surface area contributed by atoms with Crippen molar-refractivity contribution in [3.05, 3.63) is 35.1 Å². The number of aromatic nitrogens is 2. The van der Waals surface area contributed by atoms with Crippen molar-refractivity contribution in [2.75, 3.05) is 23.8 Å². The van der Waals surface area contributed by atoms with Gasteiger partial charge in [-0.15, -0.1) is 10.2 Å². The van der Waals surface area contributed by atoms with Gasteiger partial charge < -0.3 is 10.2 Å². The van der Waals surface area contributed by atoms with E-state index < -0.39 is 0 Å². The molecule has 0 atom stereocenters. The molecule has 18 heavy (non-hydrogen) atoms. The molecule has 0 saturated carbocycles. The number of anilines is 2. The molecule has 0 spiro atoms. The second kappa shape index (κ2) is 5.77. The van der Waals surface area contributed by atoms with Crippen molar-refractivity contribution in [3.8, 4) is 0 Å². The molecule has 1 N–H and O–H groups in total. The van der Waals surface area contributed by atoms with Gasteiger partial charge in [-0.2, -0.15) is 0 Å². The Hall–Kier alpha value is -1.69. The fourth-order valence-corrected chi connectivity index (χ4v) is 2.35. The van der Waals surface area contributed by atoms with E-state index in [1.807, 2.05) is 20.0 Å². The van der Waals surface area contributed by atoms with Crippen molar-refractivity contribution in [2.45, 2.75) is 13.5 Å². The van der Waals surface area contributed by atoms with Gasteiger partial charge in [0.2, 0.25) is 5.13 Å². The third kappa shape index (κ3) is 2.95. The van der Waals surface area contributed by atoms with E-state index in [0.717, 1.165) is 22.4 Å². The predicted molar refractivity (Wildman–Crippen MR) is 72.6 cm³/mol. The highest BCUT2D eigenvalue weighted by Crippen LogP contribution is 2.21. The van der Waals surface area contributed by atoms with Crippen LogP contribution >= 0.6 is 11.3 Å². The minimum absolute atomic E-state index is 0.223. The number of hydrogen-bond donors (Lipinski definition) is 1. The van der Waals surface area contributed by atoms with Gasteiger partial charge in [-0.25, -0.2) is 4.39 Å². The number of hydrogen-bond acceptors (Lipinski definition) is 5. The van der Waals surface area contributed by atoms with Gasteiger partial charge in [0.1, 0.15) is 10.8 Å². The molecule has 2 aromatic rings. The van der Waals surface area contributed by atoms with Crippen molar-refractivity contribution in [2.24, 2.45) is 0 Å². The maximum atomic E-state index is 13.2. The van der Waals surface area contributed by atoms with Crippen LogP contribution in [-0.2, 0) is 6.54 Å². The molecule has 1 heterocycles. The minimum Gasteiger partial charge on any atom is -0.365 e. The molecule has 0 unspecified atom stereocenters. The summed E-state index contributed by atoms with van der Waals surface area (Å²) < 4.78 is 13.2. The Morgan fingerprint density at radius 1 is 1.39 bits per heavy atom. The van der Waals surface area contributed by atoms with Gasteiger partial charge in [0.05, 0.1) is 6.54 Å². The average molecular weight is 266 g/mol. The molecule has 0 aliphatic carbocycles. The SMILES string of the molecule is CCN(Cc1nnc(NC)s1)c1cccc(F)c1. The Balaban J connectivity index is 2.14. The average Bonchev–Trinajstić information content (AvgIpc) is 2.83. The highest BCUT2D eigenvalue weighted by molar-refractivity contribution is 7.15. The Morgan fingerprint density at radius 3 is 2.83 bits per heavy atom. The fourth-order valence-electron chi connectivity index (χ4n) is 1.64. The third-order valence-corrected chi connectivity index (χ3v) is 3.49. The van der Waals surface area contributed by atoms with E-state index >= 15 is 0 Å². The minimum atomic E-state index is -0.223. The van der Waals surface area contributed by atoms with Gasteiger partial charge in [-0.3, -0.25) is 0 Å². The molecule has 1 aromatic carbocycles. The van der Waals surface area contributed by atoms with Crippen LogP contribution in [-0.4, -0.2) is 23.8 Å². The number of halogens is 1. The van der Waals surface area contributed by atoms with E-state index in [1.165, 1.54) is 23.5 Å². The lowest BCUT2D eigenvalue weighted by Crippen LogP contribution is -2.21. The summed E-state index contributed by atoms with van der Waals surface area (Å²) in [7, 11) is 1.81. The largest absolute Gasteiger partial charge is 0.365 e. The number of nitrogens with one attached hydrogen (secondary N) is 1. The highest BCUT2D eigenvalue weighted by atomic mass is 32.1. The van der Waals surface area contributed by atoms with Crippen LogP contribution in [0.1, 0.15) is 11.9 Å². The fraction of sp³-hybridized carbons (Fsp3) is 0.333. The summed E-state index contributed by atoms with van der Waals surface area (Å²) in [6.45, 7) is 3.46. The topological polar surface area (TPSA) is 41.1 Å². The zero-order chi connectivity index (χ0) is 13.0. The van der Waals surface area contributed by atoms with Crippen LogP contribution in [0.4, 0.5) is 15.2 Å². The van der Waals surface area contributed by atoms with Gasteiger partial charge >= 0.3 is 0 Å². The molecule has 0 aliphatic heterocycles. The summed E-state index contributed by atoms with van der Waals surface area (Å²) in [6, 6.07) is 6.59. The molecule has 0 fully saturated rings.